The van der Waals surface area contributed by atoms with Crippen molar-refractivity contribution in [2.45, 2.75) is 67.0 Å². The summed E-state index contributed by atoms with van der Waals surface area (Å²) in [4.78, 5) is 34.7. The molecule has 7 aromatic rings. The van der Waals surface area contributed by atoms with Crippen molar-refractivity contribution in [3.8, 4) is 16.9 Å². The second kappa shape index (κ2) is 15.3. The van der Waals surface area contributed by atoms with E-state index < -0.39 is 5.97 Å². The monoisotopic (exact) mass is 880 g/mol. The van der Waals surface area contributed by atoms with Crippen LogP contribution in [0.15, 0.2) is 65.3 Å². The van der Waals surface area contributed by atoms with Crippen molar-refractivity contribution in [1.82, 2.24) is 23.9 Å². The van der Waals surface area contributed by atoms with Gasteiger partial charge in [-0.25, -0.2) is 9.78 Å². The molecule has 0 unspecified atom stereocenters. The number of anilines is 1. The van der Waals surface area contributed by atoms with Crippen LogP contribution in [0.3, 0.4) is 0 Å². The van der Waals surface area contributed by atoms with E-state index in [1.807, 2.05) is 106 Å². The number of amides is 1. The van der Waals surface area contributed by atoms with Gasteiger partial charge in [0.25, 0.3) is 5.91 Å². The zero-order chi connectivity index (χ0) is 41.3. The molecule has 10 nitrogen and oxygen atoms in total. The van der Waals surface area contributed by atoms with E-state index in [0.29, 0.717) is 58.2 Å². The van der Waals surface area contributed by atoms with Crippen molar-refractivity contribution in [2.24, 2.45) is 7.05 Å². The molecule has 0 spiro atoms. The van der Waals surface area contributed by atoms with Gasteiger partial charge in [0.05, 0.1) is 46.3 Å². The summed E-state index contributed by atoms with van der Waals surface area (Å²) in [5, 5.41) is 18.2. The minimum absolute atomic E-state index is 0.114. The number of aryl methyl sites for hydroxylation is 6. The van der Waals surface area contributed by atoms with Gasteiger partial charge in [-0.15, -0.1) is 0 Å². The molecule has 0 fully saturated rings. The molecule has 1 aliphatic rings. The van der Waals surface area contributed by atoms with E-state index in [1.54, 1.807) is 10.6 Å². The predicted octanol–water partition coefficient (Wildman–Crippen LogP) is 11.0. The number of pyridine rings is 1. The van der Waals surface area contributed by atoms with E-state index in [4.69, 9.17) is 33.0 Å². The number of nitrogens with zero attached hydrogens (tertiary/aromatic N) is 6. The van der Waals surface area contributed by atoms with E-state index in [2.05, 4.69) is 32.4 Å². The minimum atomic E-state index is -1.06. The van der Waals surface area contributed by atoms with Crippen LogP contribution in [-0.2, 0) is 20.0 Å². The summed E-state index contributed by atoms with van der Waals surface area (Å²) < 4.78 is 12.7. The number of carbonyl (C=O) groups is 2. The van der Waals surface area contributed by atoms with Crippen molar-refractivity contribution < 1.29 is 19.4 Å². The molecule has 1 N–H and O–H groups in total. The Bertz CT molecular complexity index is 2810. The lowest BCUT2D eigenvalue weighted by Gasteiger charge is -2.35. The Kier molecular flexibility index (Phi) is 10.4. The maximum Gasteiger partial charge on any atom is 0.352 e. The van der Waals surface area contributed by atoms with Crippen LogP contribution in [0.25, 0.3) is 32.9 Å². The highest BCUT2D eigenvalue weighted by molar-refractivity contribution is 9.10. The Balaban J connectivity index is 1.30. The molecular formula is C45H43BrCl2N6O4. The van der Waals surface area contributed by atoms with Gasteiger partial charge in [0.2, 0.25) is 0 Å². The summed E-state index contributed by atoms with van der Waals surface area (Å²) in [6.45, 7) is 13.0. The third-order valence-corrected chi connectivity index (χ3v) is 12.6. The minimum Gasteiger partial charge on any atom is -0.494 e. The first-order valence-corrected chi connectivity index (χ1v) is 20.7. The maximum absolute atomic E-state index is 15.5. The number of fused-ring (bicyclic) bond motifs is 4. The van der Waals surface area contributed by atoms with Crippen molar-refractivity contribution in [3.63, 3.8) is 0 Å². The average molecular weight is 883 g/mol. The molecule has 298 valence electrons. The molecule has 8 rings (SSSR count). The molecule has 0 saturated carbocycles. The lowest BCUT2D eigenvalue weighted by Crippen LogP contribution is -2.43. The largest absolute Gasteiger partial charge is 0.494 e. The van der Waals surface area contributed by atoms with Crippen LogP contribution in [0.1, 0.15) is 79.7 Å². The van der Waals surface area contributed by atoms with Gasteiger partial charge in [0.15, 0.2) is 0 Å². The molecule has 58 heavy (non-hydrogen) atoms. The first-order chi connectivity index (χ1) is 27.6. The highest BCUT2D eigenvalue weighted by Crippen LogP contribution is 2.46. The van der Waals surface area contributed by atoms with Gasteiger partial charge in [0.1, 0.15) is 21.7 Å². The van der Waals surface area contributed by atoms with Crippen molar-refractivity contribution in [2.75, 3.05) is 18.1 Å². The SMILES string of the molecule is Cc1cc(N2C[C@@H](C)n3c(c(CCCOc4cc(C)c(Cl)c(C)c4)c4ccc(Cl)c(-c5c(C)nn(C)c5C)c43)C2=O)c2c(c1)cc(C(=O)O)n2Cc1cccc(Br)n1. The third-order valence-electron chi connectivity index (χ3n) is 11.3. The molecule has 1 atom stereocenters. The summed E-state index contributed by atoms with van der Waals surface area (Å²) in [6.07, 6.45) is 1.19. The fraction of sp³-hybridized carbons (Fsp3) is 0.289. The summed E-state index contributed by atoms with van der Waals surface area (Å²) in [5.74, 6) is -0.485. The highest BCUT2D eigenvalue weighted by atomic mass is 79.9. The Morgan fingerprint density at radius 2 is 1.72 bits per heavy atom. The second-order valence-electron chi connectivity index (χ2n) is 15.4. The van der Waals surface area contributed by atoms with E-state index in [9.17, 15) is 9.90 Å². The van der Waals surface area contributed by atoms with Gasteiger partial charge in [-0.05, 0) is 141 Å². The normalized spacial score (nSPS) is 14.2. The molecule has 3 aromatic carbocycles. The molecule has 13 heteroatoms. The van der Waals surface area contributed by atoms with Gasteiger partial charge >= 0.3 is 5.97 Å². The Labute approximate surface area is 355 Å². The average Bonchev–Trinajstić information content (AvgIpc) is 3.78. The number of carboxylic acids is 1. The van der Waals surface area contributed by atoms with Crippen molar-refractivity contribution >= 4 is 78.5 Å². The molecule has 5 heterocycles. The van der Waals surface area contributed by atoms with Crippen molar-refractivity contribution in [1.29, 1.82) is 0 Å². The van der Waals surface area contributed by atoms with Crippen LogP contribution in [0, 0.1) is 34.6 Å². The molecule has 4 aromatic heterocycles. The maximum atomic E-state index is 15.5. The third kappa shape index (κ3) is 6.76. The van der Waals surface area contributed by atoms with Crippen LogP contribution in [-0.4, -0.2) is 54.0 Å². The number of carbonyl (C=O) groups excluding carboxylic acids is 1. The molecular weight excluding hydrogens is 839 g/mol. The van der Waals surface area contributed by atoms with E-state index in [0.717, 1.165) is 71.8 Å². The summed E-state index contributed by atoms with van der Waals surface area (Å²) in [7, 11) is 1.92. The number of aromatic carboxylic acids is 1. The Hall–Kier alpha value is -5.10. The number of benzene rings is 3. The molecule has 1 amide bonds. The first kappa shape index (κ1) is 39.7. The van der Waals surface area contributed by atoms with Gasteiger partial charge in [-0.2, -0.15) is 5.10 Å². The van der Waals surface area contributed by atoms with E-state index in [1.165, 1.54) is 0 Å². The van der Waals surface area contributed by atoms with Crippen LogP contribution < -0.4 is 9.64 Å². The fourth-order valence-electron chi connectivity index (χ4n) is 8.72. The van der Waals surface area contributed by atoms with Crippen LogP contribution >= 0.6 is 39.1 Å². The predicted molar refractivity (Wildman–Crippen MR) is 234 cm³/mol. The standard InChI is InChI=1S/C45H43BrCl2N6O4/c1-23-16-29-20-36(45(56)57)52(22-30-10-8-12-37(46)49-30)41(29)35(17-23)53-21-26(4)54-42-33(13-14-34(47)39(42)38-27(5)50-51(7)28(38)6)32(43(54)44(53)55)11-9-15-58-31-18-24(2)40(48)25(3)19-31/h8,10,12-14,16-20,26H,9,11,15,21-22H2,1-7H3,(H,56,57)/t26-/m1/s1. The Morgan fingerprint density at radius 3 is 2.40 bits per heavy atom. The summed E-state index contributed by atoms with van der Waals surface area (Å²) >= 11 is 17.1. The molecule has 0 aliphatic carbocycles. The highest BCUT2D eigenvalue weighted by Gasteiger charge is 2.38. The zero-order valence-electron chi connectivity index (χ0n) is 33.4. The summed E-state index contributed by atoms with van der Waals surface area (Å²) in [6, 6.07) is 18.8. The van der Waals surface area contributed by atoms with Gasteiger partial charge in [0, 0.05) is 52.3 Å². The van der Waals surface area contributed by atoms with Crippen LogP contribution in [0.5, 0.6) is 5.75 Å². The number of hydrogen-bond acceptors (Lipinski definition) is 5. The molecule has 1 aliphatic heterocycles. The van der Waals surface area contributed by atoms with E-state index >= 15 is 4.79 Å². The topological polar surface area (TPSA) is 107 Å². The number of carboxylic acid groups (broad SMARTS) is 1. The number of halogens is 3. The van der Waals surface area contributed by atoms with Gasteiger partial charge in [-0.3, -0.25) is 9.48 Å². The van der Waals surface area contributed by atoms with Crippen LogP contribution in [0.2, 0.25) is 10.0 Å². The number of rotatable bonds is 10. The number of ether oxygens (including phenoxy) is 1. The quantitative estimate of drug-likeness (QED) is 0.108. The Morgan fingerprint density at radius 1 is 0.983 bits per heavy atom. The lowest BCUT2D eigenvalue weighted by atomic mass is 9.98. The van der Waals surface area contributed by atoms with Crippen LogP contribution in [0.4, 0.5) is 5.69 Å². The number of aromatic nitrogens is 5. The first-order valence-electron chi connectivity index (χ1n) is 19.2. The molecule has 0 bridgehead atoms. The number of hydrogen-bond donors (Lipinski definition) is 1. The van der Waals surface area contributed by atoms with Gasteiger partial charge in [-0.1, -0.05) is 35.3 Å². The second-order valence-corrected chi connectivity index (χ2v) is 17.0. The smallest absolute Gasteiger partial charge is 0.352 e. The summed E-state index contributed by atoms with van der Waals surface area (Å²) in [5.41, 5.74) is 10.9. The fourth-order valence-corrected chi connectivity index (χ4v) is 9.46. The molecule has 0 radical (unpaired) electrons. The van der Waals surface area contributed by atoms with Crippen molar-refractivity contribution in [3.05, 3.63) is 126 Å². The zero-order valence-corrected chi connectivity index (χ0v) is 36.5. The van der Waals surface area contributed by atoms with Gasteiger partial charge < -0.3 is 23.9 Å². The van der Waals surface area contributed by atoms with E-state index in [-0.39, 0.29) is 24.2 Å². The lowest BCUT2D eigenvalue weighted by molar-refractivity contribution is 0.0686. The molecule has 0 saturated heterocycles.